The van der Waals surface area contributed by atoms with E-state index in [-0.39, 0.29) is 0 Å². The van der Waals surface area contributed by atoms with E-state index in [1.165, 1.54) is 0 Å². The summed E-state index contributed by atoms with van der Waals surface area (Å²) in [5, 5.41) is 12.1. The molecule has 19 heavy (non-hydrogen) atoms. The van der Waals surface area contributed by atoms with Crippen molar-refractivity contribution in [1.29, 1.82) is 0 Å². The van der Waals surface area contributed by atoms with Crippen molar-refractivity contribution < 1.29 is 9.90 Å². The molecule has 4 nitrogen and oxygen atoms in total. The SMILES string of the molecule is CC(C)N(CCNc1ccc(C(=O)O)cc1)C(C)C. The molecule has 0 bridgehead atoms. The van der Waals surface area contributed by atoms with Crippen molar-refractivity contribution in [3.8, 4) is 0 Å². The average Bonchev–Trinajstić information content (AvgIpc) is 2.34. The maximum atomic E-state index is 10.7. The highest BCUT2D eigenvalue weighted by Gasteiger charge is 2.12. The second-order valence-electron chi connectivity index (χ2n) is 5.23. The molecule has 0 atom stereocenters. The molecule has 0 saturated carbocycles. The molecule has 0 unspecified atom stereocenters. The summed E-state index contributed by atoms with van der Waals surface area (Å²) >= 11 is 0. The molecule has 4 heteroatoms. The Bertz CT molecular complexity index is 391. The van der Waals surface area contributed by atoms with Crippen molar-refractivity contribution in [3.05, 3.63) is 29.8 Å². The van der Waals surface area contributed by atoms with Gasteiger partial charge in [0, 0.05) is 30.9 Å². The number of carboxylic acids is 1. The van der Waals surface area contributed by atoms with Crippen LogP contribution in [0.3, 0.4) is 0 Å². The third-order valence-electron chi connectivity index (χ3n) is 3.16. The predicted octanol–water partition coefficient (Wildman–Crippen LogP) is 2.92. The van der Waals surface area contributed by atoms with Crippen LogP contribution in [0.25, 0.3) is 0 Å². The van der Waals surface area contributed by atoms with Gasteiger partial charge in [0.2, 0.25) is 0 Å². The lowest BCUT2D eigenvalue weighted by Gasteiger charge is -2.30. The van der Waals surface area contributed by atoms with Crippen LogP contribution in [0.1, 0.15) is 38.1 Å². The summed E-state index contributed by atoms with van der Waals surface area (Å²) in [5.74, 6) is -0.891. The Morgan fingerprint density at radius 3 is 2.11 bits per heavy atom. The number of anilines is 1. The van der Waals surface area contributed by atoms with Gasteiger partial charge in [-0.1, -0.05) is 0 Å². The summed E-state index contributed by atoms with van der Waals surface area (Å²) in [5.41, 5.74) is 1.27. The van der Waals surface area contributed by atoms with Crippen LogP contribution in [-0.4, -0.2) is 41.1 Å². The topological polar surface area (TPSA) is 52.6 Å². The van der Waals surface area contributed by atoms with Crippen LogP contribution in [0.5, 0.6) is 0 Å². The van der Waals surface area contributed by atoms with E-state index in [4.69, 9.17) is 5.11 Å². The number of nitrogens with zero attached hydrogens (tertiary/aromatic N) is 1. The maximum absolute atomic E-state index is 10.7. The molecule has 0 saturated heterocycles. The average molecular weight is 264 g/mol. The van der Waals surface area contributed by atoms with Crippen LogP contribution < -0.4 is 5.32 Å². The number of nitrogens with one attached hydrogen (secondary N) is 1. The molecule has 1 rings (SSSR count). The Morgan fingerprint density at radius 2 is 1.68 bits per heavy atom. The fourth-order valence-electron chi connectivity index (χ4n) is 2.17. The summed E-state index contributed by atoms with van der Waals surface area (Å²) in [4.78, 5) is 13.2. The first kappa shape index (κ1) is 15.5. The first-order valence-electron chi connectivity index (χ1n) is 6.74. The Hall–Kier alpha value is -1.55. The summed E-state index contributed by atoms with van der Waals surface area (Å²) in [7, 11) is 0. The third kappa shape index (κ3) is 4.91. The van der Waals surface area contributed by atoms with Crippen molar-refractivity contribution >= 4 is 11.7 Å². The first-order valence-corrected chi connectivity index (χ1v) is 6.74. The molecule has 0 aromatic heterocycles. The van der Waals surface area contributed by atoms with Crippen LogP contribution in [0.2, 0.25) is 0 Å². The van der Waals surface area contributed by atoms with Crippen LogP contribution in [-0.2, 0) is 0 Å². The molecule has 2 N–H and O–H groups in total. The highest BCUT2D eigenvalue weighted by Crippen LogP contribution is 2.10. The molecule has 0 aliphatic rings. The monoisotopic (exact) mass is 264 g/mol. The van der Waals surface area contributed by atoms with E-state index in [1.54, 1.807) is 24.3 Å². The van der Waals surface area contributed by atoms with Crippen molar-refractivity contribution in [1.82, 2.24) is 4.90 Å². The Morgan fingerprint density at radius 1 is 1.16 bits per heavy atom. The third-order valence-corrected chi connectivity index (χ3v) is 3.16. The molecule has 0 amide bonds. The number of benzene rings is 1. The zero-order valence-electron chi connectivity index (χ0n) is 12.2. The summed E-state index contributed by atoms with van der Waals surface area (Å²) in [6, 6.07) is 7.89. The lowest BCUT2D eigenvalue weighted by molar-refractivity contribution is 0.0697. The molecule has 0 fully saturated rings. The smallest absolute Gasteiger partial charge is 0.335 e. The molecule has 0 radical (unpaired) electrons. The zero-order valence-corrected chi connectivity index (χ0v) is 12.2. The number of hydrogen-bond acceptors (Lipinski definition) is 3. The van der Waals surface area contributed by atoms with Gasteiger partial charge in [-0.3, -0.25) is 4.90 Å². The number of aromatic carboxylic acids is 1. The highest BCUT2D eigenvalue weighted by atomic mass is 16.4. The van der Waals surface area contributed by atoms with Crippen molar-refractivity contribution in [2.75, 3.05) is 18.4 Å². The van der Waals surface area contributed by atoms with E-state index in [9.17, 15) is 4.79 Å². The molecular formula is C15H24N2O2. The Kier molecular flexibility index (Phi) is 5.83. The van der Waals surface area contributed by atoms with Gasteiger partial charge in [0.25, 0.3) is 0 Å². The summed E-state index contributed by atoms with van der Waals surface area (Å²) < 4.78 is 0. The van der Waals surface area contributed by atoms with Gasteiger partial charge in [-0.15, -0.1) is 0 Å². The normalized spacial score (nSPS) is 11.3. The largest absolute Gasteiger partial charge is 0.478 e. The molecule has 0 aliphatic carbocycles. The van der Waals surface area contributed by atoms with Crippen molar-refractivity contribution in [2.45, 2.75) is 39.8 Å². The van der Waals surface area contributed by atoms with Gasteiger partial charge in [-0.25, -0.2) is 4.79 Å². The van der Waals surface area contributed by atoms with Gasteiger partial charge in [0.1, 0.15) is 0 Å². The molecular weight excluding hydrogens is 240 g/mol. The van der Waals surface area contributed by atoms with Gasteiger partial charge in [0.05, 0.1) is 5.56 Å². The second-order valence-corrected chi connectivity index (χ2v) is 5.23. The highest BCUT2D eigenvalue weighted by molar-refractivity contribution is 5.87. The number of rotatable bonds is 7. The lowest BCUT2D eigenvalue weighted by atomic mass is 10.2. The molecule has 0 heterocycles. The number of hydrogen-bond donors (Lipinski definition) is 2. The Balaban J connectivity index is 2.46. The fourth-order valence-corrected chi connectivity index (χ4v) is 2.17. The van der Waals surface area contributed by atoms with Crippen LogP contribution in [0, 0.1) is 0 Å². The second kappa shape index (κ2) is 7.14. The molecule has 0 aliphatic heterocycles. The standard InChI is InChI=1S/C15H24N2O2/c1-11(2)17(12(3)4)10-9-16-14-7-5-13(6-8-14)15(18)19/h5-8,11-12,16H,9-10H2,1-4H3,(H,18,19). The van der Waals surface area contributed by atoms with Gasteiger partial charge in [-0.2, -0.15) is 0 Å². The molecule has 1 aromatic carbocycles. The number of carboxylic acid groups (broad SMARTS) is 1. The minimum Gasteiger partial charge on any atom is -0.478 e. The molecule has 0 spiro atoms. The maximum Gasteiger partial charge on any atom is 0.335 e. The fraction of sp³-hybridized carbons (Fsp3) is 0.533. The van der Waals surface area contributed by atoms with Crippen molar-refractivity contribution in [3.63, 3.8) is 0 Å². The lowest BCUT2D eigenvalue weighted by Crippen LogP contribution is -2.40. The van der Waals surface area contributed by atoms with Crippen molar-refractivity contribution in [2.24, 2.45) is 0 Å². The minimum atomic E-state index is -0.891. The quantitative estimate of drug-likeness (QED) is 0.795. The van der Waals surface area contributed by atoms with Gasteiger partial charge in [-0.05, 0) is 52.0 Å². The van der Waals surface area contributed by atoms with Crippen LogP contribution in [0.15, 0.2) is 24.3 Å². The van der Waals surface area contributed by atoms with E-state index < -0.39 is 5.97 Å². The number of carbonyl (C=O) groups is 1. The van der Waals surface area contributed by atoms with Gasteiger partial charge >= 0.3 is 5.97 Å². The minimum absolute atomic E-state index is 0.316. The van der Waals surface area contributed by atoms with Crippen LogP contribution >= 0.6 is 0 Å². The molecule has 1 aromatic rings. The van der Waals surface area contributed by atoms with E-state index in [0.29, 0.717) is 17.6 Å². The van der Waals surface area contributed by atoms with Gasteiger partial charge in [0.15, 0.2) is 0 Å². The molecule has 106 valence electrons. The van der Waals surface area contributed by atoms with Gasteiger partial charge < -0.3 is 10.4 Å². The van der Waals surface area contributed by atoms with E-state index in [1.807, 2.05) is 0 Å². The zero-order chi connectivity index (χ0) is 14.4. The first-order chi connectivity index (χ1) is 8.91. The van der Waals surface area contributed by atoms with E-state index >= 15 is 0 Å². The van der Waals surface area contributed by atoms with E-state index in [0.717, 1.165) is 18.8 Å². The van der Waals surface area contributed by atoms with Crippen LogP contribution in [0.4, 0.5) is 5.69 Å². The van der Waals surface area contributed by atoms with E-state index in [2.05, 4.69) is 37.9 Å². The predicted molar refractivity (Wildman–Crippen MR) is 78.9 cm³/mol. The Labute approximate surface area is 115 Å². The summed E-state index contributed by atoms with van der Waals surface area (Å²) in [6.07, 6.45) is 0. The summed E-state index contributed by atoms with van der Waals surface area (Å²) in [6.45, 7) is 10.6.